The van der Waals surface area contributed by atoms with Gasteiger partial charge in [-0.1, -0.05) is 5.16 Å². The average molecular weight is 210 g/mol. The number of alkyl halides is 1. The molecule has 0 fully saturated rings. The molecular weight excluding hydrogens is 202 g/mol. The van der Waals surface area contributed by atoms with E-state index < -0.39 is 0 Å². The molecule has 4 nitrogen and oxygen atoms in total. The minimum Gasteiger partial charge on any atom is -0.337 e. The van der Waals surface area contributed by atoms with Gasteiger partial charge in [-0.3, -0.25) is 4.98 Å². The molecule has 2 aromatic heterocycles. The molecule has 0 aliphatic heterocycles. The first kappa shape index (κ1) is 9.15. The molecule has 0 amide bonds. The molecule has 0 unspecified atom stereocenters. The Morgan fingerprint density at radius 2 is 2.36 bits per heavy atom. The number of aromatic nitrogens is 3. The molecule has 0 bridgehead atoms. The predicted octanol–water partition coefficient (Wildman–Crippen LogP) is 2.43. The van der Waals surface area contributed by atoms with Gasteiger partial charge >= 0.3 is 0 Å². The van der Waals surface area contributed by atoms with Gasteiger partial charge in [0, 0.05) is 18.0 Å². The Bertz CT molecular complexity index is 413. The van der Waals surface area contributed by atoms with Crippen LogP contribution in [0.5, 0.6) is 0 Å². The van der Waals surface area contributed by atoms with Crippen LogP contribution in [0.3, 0.4) is 0 Å². The molecule has 2 rings (SSSR count). The molecule has 2 aromatic rings. The van der Waals surface area contributed by atoms with E-state index in [4.69, 9.17) is 16.1 Å². The third kappa shape index (κ3) is 1.75. The van der Waals surface area contributed by atoms with E-state index in [2.05, 4.69) is 15.1 Å². The van der Waals surface area contributed by atoms with Gasteiger partial charge in [0.05, 0.1) is 0 Å². The van der Waals surface area contributed by atoms with E-state index in [1.54, 1.807) is 19.3 Å². The van der Waals surface area contributed by atoms with Crippen molar-refractivity contribution >= 4 is 11.6 Å². The molecule has 0 spiro atoms. The van der Waals surface area contributed by atoms with Gasteiger partial charge in [-0.05, 0) is 19.1 Å². The summed E-state index contributed by atoms with van der Waals surface area (Å²) in [4.78, 5) is 8.09. The van der Waals surface area contributed by atoms with Gasteiger partial charge in [-0.25, -0.2) is 0 Å². The zero-order valence-corrected chi connectivity index (χ0v) is 8.27. The van der Waals surface area contributed by atoms with Crippen molar-refractivity contribution in [3.05, 3.63) is 30.4 Å². The highest BCUT2D eigenvalue weighted by Crippen LogP contribution is 2.20. The molecule has 1 atom stereocenters. The highest BCUT2D eigenvalue weighted by Gasteiger charge is 2.12. The van der Waals surface area contributed by atoms with E-state index in [1.165, 1.54) is 0 Å². The fourth-order valence-electron chi connectivity index (χ4n) is 1.01. The molecule has 0 saturated heterocycles. The van der Waals surface area contributed by atoms with Crippen LogP contribution in [0.4, 0.5) is 0 Å². The Morgan fingerprint density at radius 1 is 1.50 bits per heavy atom. The molecule has 0 aromatic carbocycles. The van der Waals surface area contributed by atoms with Gasteiger partial charge in [0.2, 0.25) is 11.7 Å². The fraction of sp³-hybridized carbons (Fsp3) is 0.222. The quantitative estimate of drug-likeness (QED) is 0.713. The SMILES string of the molecule is C[C@H](Cl)c1nc(-c2cccnc2)no1. The second-order valence-electron chi connectivity index (χ2n) is 2.81. The highest BCUT2D eigenvalue weighted by atomic mass is 35.5. The minimum atomic E-state index is -0.270. The smallest absolute Gasteiger partial charge is 0.244 e. The Labute approximate surface area is 85.9 Å². The van der Waals surface area contributed by atoms with E-state index in [0.717, 1.165) is 5.56 Å². The van der Waals surface area contributed by atoms with Crippen molar-refractivity contribution in [3.63, 3.8) is 0 Å². The van der Waals surface area contributed by atoms with E-state index in [1.807, 2.05) is 12.1 Å². The van der Waals surface area contributed by atoms with Gasteiger partial charge in [-0.15, -0.1) is 11.6 Å². The largest absolute Gasteiger partial charge is 0.337 e. The van der Waals surface area contributed by atoms with Crippen molar-refractivity contribution in [2.24, 2.45) is 0 Å². The van der Waals surface area contributed by atoms with Crippen molar-refractivity contribution in [1.82, 2.24) is 15.1 Å². The molecule has 0 aliphatic carbocycles. The van der Waals surface area contributed by atoms with E-state index in [-0.39, 0.29) is 5.38 Å². The van der Waals surface area contributed by atoms with Crippen LogP contribution in [0.25, 0.3) is 11.4 Å². The molecule has 2 heterocycles. The monoisotopic (exact) mass is 209 g/mol. The highest BCUT2D eigenvalue weighted by molar-refractivity contribution is 6.20. The fourth-order valence-corrected chi connectivity index (χ4v) is 1.10. The average Bonchev–Trinajstić information content (AvgIpc) is 2.68. The third-order valence-corrected chi connectivity index (χ3v) is 1.89. The van der Waals surface area contributed by atoms with Crippen LogP contribution in [-0.2, 0) is 0 Å². The number of hydrogen-bond acceptors (Lipinski definition) is 4. The normalized spacial score (nSPS) is 12.7. The van der Waals surface area contributed by atoms with Gasteiger partial charge < -0.3 is 4.52 Å². The first-order valence-corrected chi connectivity index (χ1v) is 4.59. The summed E-state index contributed by atoms with van der Waals surface area (Å²) in [5, 5.41) is 3.53. The lowest BCUT2D eigenvalue weighted by Crippen LogP contribution is -1.84. The van der Waals surface area contributed by atoms with Crippen molar-refractivity contribution in [2.75, 3.05) is 0 Å². The lowest BCUT2D eigenvalue weighted by Gasteiger charge is -1.91. The summed E-state index contributed by atoms with van der Waals surface area (Å²) in [6.45, 7) is 1.78. The van der Waals surface area contributed by atoms with Crippen LogP contribution >= 0.6 is 11.6 Å². The third-order valence-electron chi connectivity index (χ3n) is 1.70. The Morgan fingerprint density at radius 3 is 2.93 bits per heavy atom. The molecule has 0 aliphatic rings. The molecule has 0 N–H and O–H groups in total. The lowest BCUT2D eigenvalue weighted by molar-refractivity contribution is 0.379. The minimum absolute atomic E-state index is 0.270. The Balaban J connectivity index is 2.34. The van der Waals surface area contributed by atoms with E-state index in [9.17, 15) is 0 Å². The number of nitrogens with zero attached hydrogens (tertiary/aromatic N) is 3. The maximum atomic E-state index is 5.79. The van der Waals surface area contributed by atoms with Crippen molar-refractivity contribution in [1.29, 1.82) is 0 Å². The molecule has 0 radical (unpaired) electrons. The standard InChI is InChI=1S/C9H8ClN3O/c1-6(10)9-12-8(13-14-9)7-3-2-4-11-5-7/h2-6H,1H3/t6-/m0/s1. The molecule has 72 valence electrons. The maximum absolute atomic E-state index is 5.79. The van der Waals surface area contributed by atoms with Crippen LogP contribution in [0.15, 0.2) is 29.0 Å². The van der Waals surface area contributed by atoms with Crippen molar-refractivity contribution in [3.8, 4) is 11.4 Å². The molecule has 5 heteroatoms. The molecule has 0 saturated carbocycles. The first-order valence-electron chi connectivity index (χ1n) is 4.15. The molecule has 14 heavy (non-hydrogen) atoms. The first-order chi connectivity index (χ1) is 6.77. The second-order valence-corrected chi connectivity index (χ2v) is 3.47. The maximum Gasteiger partial charge on any atom is 0.244 e. The van der Waals surface area contributed by atoms with E-state index >= 15 is 0 Å². The van der Waals surface area contributed by atoms with Crippen LogP contribution in [0.1, 0.15) is 18.2 Å². The summed E-state index contributed by atoms with van der Waals surface area (Å²) in [5.74, 6) is 0.936. The summed E-state index contributed by atoms with van der Waals surface area (Å²) in [6.07, 6.45) is 3.36. The second kappa shape index (κ2) is 3.75. The zero-order chi connectivity index (χ0) is 9.97. The summed E-state index contributed by atoms with van der Waals surface area (Å²) < 4.78 is 4.96. The van der Waals surface area contributed by atoms with Crippen molar-refractivity contribution < 1.29 is 4.52 Å². The summed E-state index contributed by atoms with van der Waals surface area (Å²) >= 11 is 5.79. The summed E-state index contributed by atoms with van der Waals surface area (Å²) in [7, 11) is 0. The molecular formula is C9H8ClN3O. The van der Waals surface area contributed by atoms with Crippen LogP contribution in [0, 0.1) is 0 Å². The Kier molecular flexibility index (Phi) is 2.45. The van der Waals surface area contributed by atoms with Crippen molar-refractivity contribution in [2.45, 2.75) is 12.3 Å². The topological polar surface area (TPSA) is 51.8 Å². The van der Waals surface area contributed by atoms with Crippen LogP contribution < -0.4 is 0 Å². The van der Waals surface area contributed by atoms with E-state index in [0.29, 0.717) is 11.7 Å². The Hall–Kier alpha value is -1.42. The predicted molar refractivity (Wildman–Crippen MR) is 51.8 cm³/mol. The van der Waals surface area contributed by atoms with Gasteiger partial charge in [0.15, 0.2) is 0 Å². The number of pyridine rings is 1. The number of hydrogen-bond donors (Lipinski definition) is 0. The van der Waals surface area contributed by atoms with Gasteiger partial charge in [0.25, 0.3) is 0 Å². The zero-order valence-electron chi connectivity index (χ0n) is 7.51. The summed E-state index contributed by atoms with van der Waals surface area (Å²) in [6, 6.07) is 3.68. The number of rotatable bonds is 2. The van der Waals surface area contributed by atoms with Gasteiger partial charge in [0.1, 0.15) is 5.38 Å². The summed E-state index contributed by atoms with van der Waals surface area (Å²) in [5.41, 5.74) is 0.819. The number of halogens is 1. The lowest BCUT2D eigenvalue weighted by atomic mass is 10.3. The van der Waals surface area contributed by atoms with Crippen LogP contribution in [-0.4, -0.2) is 15.1 Å². The van der Waals surface area contributed by atoms with Crippen LogP contribution in [0.2, 0.25) is 0 Å². The van der Waals surface area contributed by atoms with Gasteiger partial charge in [-0.2, -0.15) is 4.98 Å².